The number of methoxy groups -OCH3 is 1. The molecule has 0 aliphatic carbocycles. The van der Waals surface area contributed by atoms with Gasteiger partial charge in [-0.2, -0.15) is 0 Å². The molecule has 0 atom stereocenters. The Hall–Kier alpha value is -2.83. The highest BCUT2D eigenvalue weighted by Gasteiger charge is 2.35. The van der Waals surface area contributed by atoms with Crippen molar-refractivity contribution in [1.29, 1.82) is 0 Å². The van der Waals surface area contributed by atoms with Crippen molar-refractivity contribution in [2.75, 3.05) is 32.1 Å². The summed E-state index contributed by atoms with van der Waals surface area (Å²) in [6, 6.07) is 14.6. The van der Waals surface area contributed by atoms with Gasteiger partial charge in [0.2, 0.25) is 0 Å². The molecular formula is C26H32N2O4. The summed E-state index contributed by atoms with van der Waals surface area (Å²) >= 11 is 0. The Balaban J connectivity index is 1.50. The highest BCUT2D eigenvalue weighted by atomic mass is 16.5. The molecule has 2 aromatic carbocycles. The van der Waals surface area contributed by atoms with Gasteiger partial charge in [0.15, 0.2) is 5.76 Å². The minimum atomic E-state index is -0.861. The van der Waals surface area contributed by atoms with Gasteiger partial charge in [-0.3, -0.25) is 4.79 Å². The number of likely N-dealkylation sites (tertiary alicyclic amines) is 1. The van der Waals surface area contributed by atoms with Crippen molar-refractivity contribution in [3.63, 3.8) is 0 Å². The number of aliphatic hydroxyl groups is 1. The fourth-order valence-corrected chi connectivity index (χ4v) is 4.42. The number of ether oxygens (including phenoxy) is 1. The first-order chi connectivity index (χ1) is 15.2. The lowest BCUT2D eigenvalue weighted by Crippen LogP contribution is -2.45. The number of fused-ring (bicyclic) bond motifs is 1. The third kappa shape index (κ3) is 4.81. The number of hydrogen-bond acceptors (Lipinski definition) is 5. The van der Waals surface area contributed by atoms with E-state index in [4.69, 9.17) is 9.15 Å². The zero-order valence-corrected chi connectivity index (χ0v) is 19.3. The second-order valence-electron chi connectivity index (χ2n) is 9.89. The van der Waals surface area contributed by atoms with Gasteiger partial charge in [-0.15, -0.1) is 0 Å². The summed E-state index contributed by atoms with van der Waals surface area (Å²) in [7, 11) is 1.56. The molecule has 6 heteroatoms. The van der Waals surface area contributed by atoms with Gasteiger partial charge >= 0.3 is 0 Å². The number of carbonyl (C=O) groups is 1. The van der Waals surface area contributed by atoms with Crippen LogP contribution < -0.4 is 10.1 Å². The third-order valence-corrected chi connectivity index (χ3v) is 6.01. The predicted molar refractivity (Wildman–Crippen MR) is 126 cm³/mol. The molecule has 0 saturated carbocycles. The van der Waals surface area contributed by atoms with Gasteiger partial charge < -0.3 is 24.5 Å². The van der Waals surface area contributed by atoms with Crippen molar-refractivity contribution in [3.05, 3.63) is 59.9 Å². The van der Waals surface area contributed by atoms with Crippen molar-refractivity contribution < 1.29 is 19.1 Å². The number of anilines is 1. The largest absolute Gasteiger partial charge is 0.495 e. The van der Waals surface area contributed by atoms with Gasteiger partial charge in [0.25, 0.3) is 5.91 Å². The Morgan fingerprint density at radius 3 is 2.56 bits per heavy atom. The van der Waals surface area contributed by atoms with E-state index in [0.29, 0.717) is 29.9 Å². The van der Waals surface area contributed by atoms with E-state index in [9.17, 15) is 9.90 Å². The lowest BCUT2D eigenvalue weighted by molar-refractivity contribution is -0.0316. The standard InChI is InChI=1S/C26H32N2O4/c1-25(2,3)17-28-13-11-26(30,12-14-28)19-9-10-21-18(15-19)16-23(32-21)24(29)27-20-7-5-6-8-22(20)31-4/h5-10,15-16,30H,11-14,17H2,1-4H3,(H,27,29). The maximum Gasteiger partial charge on any atom is 0.291 e. The highest BCUT2D eigenvalue weighted by Crippen LogP contribution is 2.36. The van der Waals surface area contributed by atoms with E-state index in [1.807, 2.05) is 30.3 Å². The van der Waals surface area contributed by atoms with Gasteiger partial charge in [-0.25, -0.2) is 0 Å². The Bertz CT molecular complexity index is 1100. The molecule has 0 spiro atoms. The molecule has 1 amide bonds. The van der Waals surface area contributed by atoms with Crippen molar-refractivity contribution >= 4 is 22.6 Å². The molecule has 1 aromatic heterocycles. The summed E-state index contributed by atoms with van der Waals surface area (Å²) in [5.41, 5.74) is 1.45. The quantitative estimate of drug-likeness (QED) is 0.587. The van der Waals surface area contributed by atoms with Gasteiger partial charge in [0.1, 0.15) is 11.3 Å². The SMILES string of the molecule is COc1ccccc1NC(=O)c1cc2cc(C3(O)CCN(CC(C)(C)C)CC3)ccc2o1. The lowest BCUT2D eigenvalue weighted by atomic mass is 9.83. The molecule has 32 heavy (non-hydrogen) atoms. The second-order valence-corrected chi connectivity index (χ2v) is 9.89. The van der Waals surface area contributed by atoms with Gasteiger partial charge in [-0.1, -0.05) is 39.0 Å². The number of rotatable bonds is 5. The Morgan fingerprint density at radius 2 is 1.88 bits per heavy atom. The molecule has 0 unspecified atom stereocenters. The van der Waals surface area contributed by atoms with Gasteiger partial charge in [-0.05, 0) is 54.2 Å². The Morgan fingerprint density at radius 1 is 1.16 bits per heavy atom. The average molecular weight is 437 g/mol. The molecule has 3 aromatic rings. The van der Waals surface area contributed by atoms with Crippen molar-refractivity contribution in [1.82, 2.24) is 4.90 Å². The first kappa shape index (κ1) is 22.4. The van der Waals surface area contributed by atoms with Crippen LogP contribution in [0.5, 0.6) is 5.75 Å². The van der Waals surface area contributed by atoms with Crippen LogP contribution in [0.3, 0.4) is 0 Å². The topological polar surface area (TPSA) is 74.9 Å². The van der Waals surface area contributed by atoms with Crippen LogP contribution in [0.2, 0.25) is 0 Å². The molecule has 2 N–H and O–H groups in total. The molecule has 1 aliphatic rings. The second kappa shape index (κ2) is 8.60. The number of para-hydroxylation sites is 2. The zero-order chi connectivity index (χ0) is 22.9. The number of hydrogen-bond donors (Lipinski definition) is 2. The molecule has 1 aliphatic heterocycles. The van der Waals surface area contributed by atoms with E-state index in [1.165, 1.54) is 0 Å². The number of carbonyl (C=O) groups excluding carboxylic acids is 1. The first-order valence-corrected chi connectivity index (χ1v) is 11.1. The summed E-state index contributed by atoms with van der Waals surface area (Å²) in [6.45, 7) is 9.47. The van der Waals surface area contributed by atoms with E-state index in [0.717, 1.165) is 30.6 Å². The zero-order valence-electron chi connectivity index (χ0n) is 19.3. The summed E-state index contributed by atoms with van der Waals surface area (Å²) in [5, 5.41) is 15.0. The molecule has 4 rings (SSSR count). The number of piperidine rings is 1. The molecule has 170 valence electrons. The molecule has 0 radical (unpaired) electrons. The average Bonchev–Trinajstić information content (AvgIpc) is 3.19. The Kier molecular flexibility index (Phi) is 6.01. The number of benzene rings is 2. The van der Waals surface area contributed by atoms with E-state index < -0.39 is 5.60 Å². The number of amides is 1. The van der Waals surface area contributed by atoms with E-state index >= 15 is 0 Å². The van der Waals surface area contributed by atoms with Gasteiger partial charge in [0.05, 0.1) is 18.4 Å². The van der Waals surface area contributed by atoms with Crippen LogP contribution in [0.4, 0.5) is 5.69 Å². The number of nitrogens with one attached hydrogen (secondary N) is 1. The minimum absolute atomic E-state index is 0.218. The summed E-state index contributed by atoms with van der Waals surface area (Å²) in [4.78, 5) is 15.2. The molecule has 6 nitrogen and oxygen atoms in total. The summed E-state index contributed by atoms with van der Waals surface area (Å²) in [5.74, 6) is 0.454. The smallest absolute Gasteiger partial charge is 0.291 e. The first-order valence-electron chi connectivity index (χ1n) is 11.1. The minimum Gasteiger partial charge on any atom is -0.495 e. The molecule has 1 saturated heterocycles. The van der Waals surface area contributed by atoms with Crippen molar-refractivity contribution in [2.24, 2.45) is 5.41 Å². The highest BCUT2D eigenvalue weighted by molar-refractivity contribution is 6.05. The summed E-state index contributed by atoms with van der Waals surface area (Å²) < 4.78 is 11.1. The van der Waals surface area contributed by atoms with Crippen LogP contribution in [0, 0.1) is 5.41 Å². The van der Waals surface area contributed by atoms with Crippen molar-refractivity contribution in [2.45, 2.75) is 39.2 Å². The van der Waals surface area contributed by atoms with E-state index in [2.05, 4.69) is 31.0 Å². The monoisotopic (exact) mass is 436 g/mol. The normalized spacial score (nSPS) is 16.8. The fourth-order valence-electron chi connectivity index (χ4n) is 4.42. The van der Waals surface area contributed by atoms with E-state index in [-0.39, 0.29) is 17.1 Å². The number of nitrogens with zero attached hydrogens (tertiary/aromatic N) is 1. The van der Waals surface area contributed by atoms with Crippen LogP contribution in [-0.4, -0.2) is 42.7 Å². The fraction of sp³-hybridized carbons (Fsp3) is 0.423. The maximum atomic E-state index is 12.7. The summed E-state index contributed by atoms with van der Waals surface area (Å²) in [6.07, 6.45) is 1.38. The van der Waals surface area contributed by atoms with E-state index in [1.54, 1.807) is 25.3 Å². The van der Waals surface area contributed by atoms with Crippen molar-refractivity contribution in [3.8, 4) is 5.75 Å². The number of furan rings is 1. The van der Waals surface area contributed by atoms with Crippen LogP contribution in [-0.2, 0) is 5.60 Å². The van der Waals surface area contributed by atoms with Crippen LogP contribution in [0.25, 0.3) is 11.0 Å². The predicted octanol–water partition coefficient (Wildman–Crippen LogP) is 5.02. The molecule has 0 bridgehead atoms. The molecule has 2 heterocycles. The maximum absolute atomic E-state index is 12.7. The van der Waals surface area contributed by atoms with Crippen LogP contribution in [0.1, 0.15) is 49.7 Å². The Labute approximate surface area is 189 Å². The molecule has 1 fully saturated rings. The molecular weight excluding hydrogens is 404 g/mol. The van der Waals surface area contributed by atoms with Crippen LogP contribution in [0.15, 0.2) is 52.9 Å². The third-order valence-electron chi connectivity index (χ3n) is 6.01. The van der Waals surface area contributed by atoms with Gasteiger partial charge in [0, 0.05) is 25.0 Å². The van der Waals surface area contributed by atoms with Crippen LogP contribution >= 0.6 is 0 Å². The lowest BCUT2D eigenvalue weighted by Gasteiger charge is -2.40.